The molecule has 0 bridgehead atoms. The molecule has 2 aromatic rings. The zero-order valence-corrected chi connectivity index (χ0v) is 25.0. The second-order valence-electron chi connectivity index (χ2n) is 12.1. The van der Waals surface area contributed by atoms with Crippen molar-refractivity contribution in [3.63, 3.8) is 0 Å². The van der Waals surface area contributed by atoms with E-state index in [1.807, 2.05) is 48.5 Å². The van der Waals surface area contributed by atoms with Crippen LogP contribution in [-0.4, -0.2) is 76.1 Å². The Labute approximate surface area is 243 Å². The summed E-state index contributed by atoms with van der Waals surface area (Å²) < 4.78 is 10.8. The predicted molar refractivity (Wildman–Crippen MR) is 157 cm³/mol. The van der Waals surface area contributed by atoms with Crippen molar-refractivity contribution in [2.24, 2.45) is 0 Å². The van der Waals surface area contributed by atoms with Crippen LogP contribution in [0.2, 0.25) is 0 Å². The average Bonchev–Trinajstić information content (AvgIpc) is 2.86. The lowest BCUT2D eigenvalue weighted by Crippen LogP contribution is -2.53. The van der Waals surface area contributed by atoms with Crippen LogP contribution in [0.25, 0.3) is 0 Å². The topological polar surface area (TPSA) is 149 Å². The molecule has 10 heteroatoms. The summed E-state index contributed by atoms with van der Waals surface area (Å²) >= 11 is 0. The van der Waals surface area contributed by atoms with E-state index in [1.165, 1.54) is 0 Å². The summed E-state index contributed by atoms with van der Waals surface area (Å²) in [5, 5.41) is 40.4. The van der Waals surface area contributed by atoms with Gasteiger partial charge in [0.25, 0.3) is 0 Å². The molecule has 0 aliphatic rings. The maximum absolute atomic E-state index is 12.6. The summed E-state index contributed by atoms with van der Waals surface area (Å²) in [6, 6.07) is 15.3. The molecule has 0 saturated heterocycles. The lowest BCUT2D eigenvalue weighted by atomic mass is 9.97. The van der Waals surface area contributed by atoms with Gasteiger partial charge >= 0.3 is 12.2 Å². The van der Waals surface area contributed by atoms with Crippen LogP contribution in [0.1, 0.15) is 58.2 Å². The average molecular weight is 574 g/mol. The van der Waals surface area contributed by atoms with Gasteiger partial charge in [-0.1, -0.05) is 54.6 Å². The lowest BCUT2D eigenvalue weighted by Gasteiger charge is -2.29. The fourth-order valence-corrected chi connectivity index (χ4v) is 4.16. The molecule has 0 saturated carbocycles. The van der Waals surface area contributed by atoms with E-state index in [2.05, 4.69) is 16.0 Å². The maximum Gasteiger partial charge on any atom is 0.407 e. The first-order chi connectivity index (χ1) is 19.2. The van der Waals surface area contributed by atoms with Crippen LogP contribution < -0.4 is 16.0 Å². The lowest BCUT2D eigenvalue weighted by molar-refractivity contribution is 0.0399. The quantitative estimate of drug-likeness (QED) is 0.214. The first-order valence-electron chi connectivity index (χ1n) is 13.9. The van der Waals surface area contributed by atoms with Gasteiger partial charge in [-0.2, -0.15) is 0 Å². The Morgan fingerprint density at radius 3 is 1.61 bits per heavy atom. The SMILES string of the molecule is CC(C)(C)OC(=O)N[C@@H](Cc1ccccc1)[C@@H](O)CNCC(O)[C@@H](Cc1ccccc1CO)NC(=O)OC(C)(C)C. The second kappa shape index (κ2) is 15.7. The monoisotopic (exact) mass is 573 g/mol. The third kappa shape index (κ3) is 13.4. The third-order valence-corrected chi connectivity index (χ3v) is 6.07. The number of rotatable bonds is 13. The summed E-state index contributed by atoms with van der Waals surface area (Å²) in [5.41, 5.74) is 0.979. The molecule has 0 aliphatic carbocycles. The summed E-state index contributed by atoms with van der Waals surface area (Å²) in [5.74, 6) is 0. The Balaban J connectivity index is 2.09. The number of nitrogens with one attached hydrogen (secondary N) is 3. The minimum absolute atomic E-state index is 0.0311. The predicted octanol–water partition coefficient (Wildman–Crippen LogP) is 3.06. The zero-order valence-electron chi connectivity index (χ0n) is 25.0. The smallest absolute Gasteiger partial charge is 0.407 e. The summed E-state index contributed by atoms with van der Waals surface area (Å²) in [4.78, 5) is 25.0. The van der Waals surface area contributed by atoms with Crippen molar-refractivity contribution in [1.29, 1.82) is 0 Å². The van der Waals surface area contributed by atoms with Crippen molar-refractivity contribution < 1.29 is 34.4 Å². The molecule has 0 heterocycles. The van der Waals surface area contributed by atoms with Gasteiger partial charge in [0.05, 0.1) is 30.9 Å². The normalized spacial score (nSPS) is 14.9. The number of hydrogen-bond donors (Lipinski definition) is 6. The van der Waals surface area contributed by atoms with Gasteiger partial charge in [-0.3, -0.25) is 0 Å². The van der Waals surface area contributed by atoms with E-state index in [0.717, 1.165) is 11.1 Å². The molecule has 2 rings (SSSR count). The van der Waals surface area contributed by atoms with Crippen molar-refractivity contribution >= 4 is 12.2 Å². The molecule has 228 valence electrons. The molecule has 4 atom stereocenters. The number of ether oxygens (including phenoxy) is 2. The number of amides is 2. The minimum Gasteiger partial charge on any atom is -0.444 e. The van der Waals surface area contributed by atoms with Gasteiger partial charge in [0, 0.05) is 13.1 Å². The van der Waals surface area contributed by atoms with Crippen LogP contribution in [0.15, 0.2) is 54.6 Å². The molecule has 1 unspecified atom stereocenters. The van der Waals surface area contributed by atoms with Crippen LogP contribution >= 0.6 is 0 Å². The first kappa shape index (κ1) is 34.0. The number of aliphatic hydroxyl groups excluding tert-OH is 3. The molecule has 10 nitrogen and oxygen atoms in total. The van der Waals surface area contributed by atoms with Crippen LogP contribution in [0, 0.1) is 0 Å². The van der Waals surface area contributed by atoms with Crippen molar-refractivity contribution in [2.75, 3.05) is 13.1 Å². The molecular formula is C31H47N3O7. The second-order valence-corrected chi connectivity index (χ2v) is 12.1. The van der Waals surface area contributed by atoms with Crippen LogP contribution in [0.5, 0.6) is 0 Å². The summed E-state index contributed by atoms with van der Waals surface area (Å²) in [6.07, 6.45) is -2.77. The maximum atomic E-state index is 12.6. The molecule has 6 N–H and O–H groups in total. The Hall–Kier alpha value is -3.18. The van der Waals surface area contributed by atoms with E-state index in [-0.39, 0.29) is 26.1 Å². The van der Waals surface area contributed by atoms with Gasteiger partial charge in [0.1, 0.15) is 11.2 Å². The standard InChI is InChI=1S/C31H47N3O7/c1-30(2,3)40-28(38)33-24(16-21-12-8-7-9-13-21)26(36)18-32-19-27(37)25(34-29(39)41-31(4,5)6)17-22-14-10-11-15-23(22)20-35/h7-15,24-27,32,35-37H,16-20H2,1-6H3,(H,33,38)(H,34,39)/t24-,25+,26-,27?/m0/s1. The van der Waals surface area contributed by atoms with Crippen LogP contribution in [-0.2, 0) is 28.9 Å². The third-order valence-electron chi connectivity index (χ3n) is 6.07. The molecule has 0 aromatic heterocycles. The van der Waals surface area contributed by atoms with E-state index in [1.54, 1.807) is 47.6 Å². The molecular weight excluding hydrogens is 526 g/mol. The summed E-state index contributed by atoms with van der Waals surface area (Å²) in [6.45, 7) is 10.4. The zero-order chi connectivity index (χ0) is 30.6. The Kier molecular flexibility index (Phi) is 13.0. The van der Waals surface area contributed by atoms with Gasteiger partial charge in [0.15, 0.2) is 0 Å². The fourth-order valence-electron chi connectivity index (χ4n) is 4.16. The van der Waals surface area contributed by atoms with E-state index in [9.17, 15) is 24.9 Å². The summed E-state index contributed by atoms with van der Waals surface area (Å²) in [7, 11) is 0. The Bertz CT molecular complexity index is 1080. The van der Waals surface area contributed by atoms with Gasteiger partial charge < -0.3 is 40.7 Å². The fraction of sp³-hybridized carbons (Fsp3) is 0.548. The number of alkyl carbamates (subject to hydrolysis) is 2. The highest BCUT2D eigenvalue weighted by Crippen LogP contribution is 2.15. The van der Waals surface area contributed by atoms with Crippen molar-refractivity contribution in [3.05, 3.63) is 71.3 Å². The van der Waals surface area contributed by atoms with Gasteiger partial charge in [-0.05, 0) is 71.1 Å². The number of benzene rings is 2. The van der Waals surface area contributed by atoms with Gasteiger partial charge in [0.2, 0.25) is 0 Å². The number of hydrogen-bond acceptors (Lipinski definition) is 8. The van der Waals surface area contributed by atoms with Crippen LogP contribution in [0.3, 0.4) is 0 Å². The molecule has 41 heavy (non-hydrogen) atoms. The molecule has 0 fully saturated rings. The molecule has 0 aliphatic heterocycles. The molecule has 0 radical (unpaired) electrons. The van der Waals surface area contributed by atoms with E-state index in [4.69, 9.17) is 9.47 Å². The van der Waals surface area contributed by atoms with Crippen molar-refractivity contribution in [3.8, 4) is 0 Å². The Morgan fingerprint density at radius 1 is 0.707 bits per heavy atom. The minimum atomic E-state index is -1.06. The number of aliphatic hydroxyl groups is 3. The molecule has 2 aromatic carbocycles. The Morgan fingerprint density at radius 2 is 1.15 bits per heavy atom. The first-order valence-corrected chi connectivity index (χ1v) is 13.9. The van der Waals surface area contributed by atoms with Crippen molar-refractivity contribution in [1.82, 2.24) is 16.0 Å². The van der Waals surface area contributed by atoms with Gasteiger partial charge in [-0.25, -0.2) is 9.59 Å². The molecule has 0 spiro atoms. The van der Waals surface area contributed by atoms with E-state index < -0.39 is 47.7 Å². The largest absolute Gasteiger partial charge is 0.444 e. The highest BCUT2D eigenvalue weighted by atomic mass is 16.6. The molecule has 2 amide bonds. The van der Waals surface area contributed by atoms with Gasteiger partial charge in [-0.15, -0.1) is 0 Å². The number of carbonyl (C=O) groups excluding carboxylic acids is 2. The highest BCUT2D eigenvalue weighted by molar-refractivity contribution is 5.68. The van der Waals surface area contributed by atoms with E-state index >= 15 is 0 Å². The highest BCUT2D eigenvalue weighted by Gasteiger charge is 2.28. The number of carbonyl (C=O) groups is 2. The van der Waals surface area contributed by atoms with Crippen LogP contribution in [0.4, 0.5) is 9.59 Å². The van der Waals surface area contributed by atoms with E-state index in [0.29, 0.717) is 12.0 Å². The van der Waals surface area contributed by atoms with Crippen molar-refractivity contribution in [2.45, 2.75) is 96.5 Å².